The SMILES string of the molecule is Cc1nc(NC(=O)c2cc3sccc3n2C2CCCC2)sc1C. The highest BCUT2D eigenvalue weighted by Crippen LogP contribution is 2.36. The predicted molar refractivity (Wildman–Crippen MR) is 96.9 cm³/mol. The summed E-state index contributed by atoms with van der Waals surface area (Å²) in [5, 5.41) is 5.78. The first-order valence-electron chi connectivity index (χ1n) is 7.97. The lowest BCUT2D eigenvalue weighted by molar-refractivity contribution is 0.101. The van der Waals surface area contributed by atoms with Crippen LogP contribution in [0, 0.1) is 13.8 Å². The van der Waals surface area contributed by atoms with E-state index in [0.29, 0.717) is 11.2 Å². The van der Waals surface area contributed by atoms with Gasteiger partial charge in [0.15, 0.2) is 5.13 Å². The van der Waals surface area contributed by atoms with E-state index in [0.717, 1.165) is 29.1 Å². The first-order chi connectivity index (χ1) is 11.1. The number of aryl methyl sites for hydroxylation is 2. The van der Waals surface area contributed by atoms with Gasteiger partial charge in [-0.1, -0.05) is 12.8 Å². The number of aromatic nitrogens is 2. The zero-order chi connectivity index (χ0) is 16.0. The maximum Gasteiger partial charge on any atom is 0.274 e. The van der Waals surface area contributed by atoms with Crippen LogP contribution in [0.15, 0.2) is 17.5 Å². The van der Waals surface area contributed by atoms with Crippen molar-refractivity contribution in [2.45, 2.75) is 45.6 Å². The Labute approximate surface area is 143 Å². The number of anilines is 1. The van der Waals surface area contributed by atoms with Gasteiger partial charge < -0.3 is 4.57 Å². The van der Waals surface area contributed by atoms with Crippen LogP contribution in [0.25, 0.3) is 10.2 Å². The normalized spacial score (nSPS) is 15.6. The highest BCUT2D eigenvalue weighted by Gasteiger charge is 2.25. The van der Waals surface area contributed by atoms with E-state index in [2.05, 4.69) is 26.3 Å². The Balaban J connectivity index is 1.70. The van der Waals surface area contributed by atoms with Crippen molar-refractivity contribution in [2.24, 2.45) is 0 Å². The van der Waals surface area contributed by atoms with Crippen molar-refractivity contribution in [3.8, 4) is 0 Å². The minimum absolute atomic E-state index is 0.0472. The summed E-state index contributed by atoms with van der Waals surface area (Å²) in [7, 11) is 0. The molecule has 3 aromatic heterocycles. The summed E-state index contributed by atoms with van der Waals surface area (Å²) in [5.41, 5.74) is 2.94. The fourth-order valence-corrected chi connectivity index (χ4v) is 4.98. The molecule has 1 N–H and O–H groups in total. The van der Waals surface area contributed by atoms with Crippen LogP contribution in [0.2, 0.25) is 0 Å². The molecule has 0 radical (unpaired) electrons. The van der Waals surface area contributed by atoms with Crippen molar-refractivity contribution in [2.75, 3.05) is 5.32 Å². The number of thiophene rings is 1. The quantitative estimate of drug-likeness (QED) is 0.714. The molecule has 23 heavy (non-hydrogen) atoms. The van der Waals surface area contributed by atoms with Gasteiger partial charge in [0, 0.05) is 10.9 Å². The van der Waals surface area contributed by atoms with Crippen LogP contribution in [0.4, 0.5) is 5.13 Å². The van der Waals surface area contributed by atoms with Gasteiger partial charge in [0.25, 0.3) is 5.91 Å². The number of nitrogens with one attached hydrogen (secondary N) is 1. The molecule has 3 heterocycles. The fraction of sp³-hybridized carbons (Fsp3) is 0.412. The van der Waals surface area contributed by atoms with Crippen LogP contribution >= 0.6 is 22.7 Å². The van der Waals surface area contributed by atoms with Gasteiger partial charge in [-0.3, -0.25) is 10.1 Å². The Bertz CT molecular complexity index is 848. The number of thiazole rings is 1. The standard InChI is InChI=1S/C17H19N3OS2/c1-10-11(2)23-17(18-10)19-16(21)14-9-15-13(7-8-22-15)20(14)12-5-3-4-6-12/h7-9,12H,3-6H2,1-2H3,(H,18,19,21). The second kappa shape index (κ2) is 5.76. The fourth-order valence-electron chi connectivity index (χ4n) is 3.36. The molecule has 0 unspecified atom stereocenters. The van der Waals surface area contributed by atoms with Gasteiger partial charge in [-0.05, 0) is 44.2 Å². The minimum atomic E-state index is -0.0472. The van der Waals surface area contributed by atoms with E-state index in [1.165, 1.54) is 34.4 Å². The van der Waals surface area contributed by atoms with E-state index in [1.54, 1.807) is 11.3 Å². The van der Waals surface area contributed by atoms with Crippen LogP contribution in [0.5, 0.6) is 0 Å². The second-order valence-corrected chi connectivity index (χ2v) is 8.27. The Morgan fingerprint density at radius 1 is 1.35 bits per heavy atom. The number of carbonyl (C=O) groups excluding carboxylic acids is 1. The molecule has 6 heteroatoms. The van der Waals surface area contributed by atoms with Gasteiger partial charge in [-0.25, -0.2) is 4.98 Å². The number of hydrogen-bond donors (Lipinski definition) is 1. The summed E-state index contributed by atoms with van der Waals surface area (Å²) in [6, 6.07) is 4.61. The highest BCUT2D eigenvalue weighted by atomic mass is 32.1. The predicted octanol–water partition coefficient (Wildman–Crippen LogP) is 5.14. The average Bonchev–Trinajstić information content (AvgIpc) is 3.24. The third-order valence-corrected chi connectivity index (χ3v) is 6.47. The summed E-state index contributed by atoms with van der Waals surface area (Å²) >= 11 is 3.23. The van der Waals surface area contributed by atoms with Crippen molar-refractivity contribution in [1.82, 2.24) is 9.55 Å². The molecule has 1 aliphatic carbocycles. The third kappa shape index (κ3) is 2.60. The number of amides is 1. The Morgan fingerprint density at radius 3 is 2.83 bits per heavy atom. The molecule has 0 aromatic carbocycles. The van der Waals surface area contributed by atoms with Crippen LogP contribution < -0.4 is 5.32 Å². The minimum Gasteiger partial charge on any atom is -0.333 e. The lowest BCUT2D eigenvalue weighted by Gasteiger charge is -2.16. The van der Waals surface area contributed by atoms with Crippen LogP contribution in [0.1, 0.15) is 52.8 Å². The van der Waals surface area contributed by atoms with E-state index >= 15 is 0 Å². The maximum atomic E-state index is 12.8. The van der Waals surface area contributed by atoms with Crippen molar-refractivity contribution < 1.29 is 4.79 Å². The lowest BCUT2D eigenvalue weighted by atomic mass is 10.2. The van der Waals surface area contributed by atoms with Gasteiger partial charge in [0.1, 0.15) is 5.69 Å². The van der Waals surface area contributed by atoms with Gasteiger partial charge in [0.2, 0.25) is 0 Å². The molecule has 4 nitrogen and oxygen atoms in total. The molecule has 3 aromatic rings. The molecular formula is C17H19N3OS2. The zero-order valence-electron chi connectivity index (χ0n) is 13.3. The molecule has 1 fully saturated rings. The number of hydrogen-bond acceptors (Lipinski definition) is 4. The van der Waals surface area contributed by atoms with Crippen LogP contribution in [-0.2, 0) is 0 Å². The summed E-state index contributed by atoms with van der Waals surface area (Å²) in [4.78, 5) is 18.4. The van der Waals surface area contributed by atoms with E-state index in [9.17, 15) is 4.79 Å². The zero-order valence-corrected chi connectivity index (χ0v) is 14.9. The molecule has 0 saturated heterocycles. The highest BCUT2D eigenvalue weighted by molar-refractivity contribution is 7.17. The molecule has 120 valence electrons. The van der Waals surface area contributed by atoms with E-state index in [1.807, 2.05) is 19.9 Å². The van der Waals surface area contributed by atoms with Crippen molar-refractivity contribution >= 4 is 43.9 Å². The molecule has 0 bridgehead atoms. The molecule has 4 rings (SSSR count). The molecule has 1 saturated carbocycles. The smallest absolute Gasteiger partial charge is 0.274 e. The number of nitrogens with zero attached hydrogens (tertiary/aromatic N) is 2. The lowest BCUT2D eigenvalue weighted by Crippen LogP contribution is -2.19. The molecular weight excluding hydrogens is 326 g/mol. The van der Waals surface area contributed by atoms with Crippen molar-refractivity contribution in [1.29, 1.82) is 0 Å². The largest absolute Gasteiger partial charge is 0.333 e. The maximum absolute atomic E-state index is 12.8. The van der Waals surface area contributed by atoms with E-state index in [-0.39, 0.29) is 5.91 Å². The van der Waals surface area contributed by atoms with Crippen molar-refractivity contribution in [3.05, 3.63) is 33.8 Å². The van der Waals surface area contributed by atoms with E-state index in [4.69, 9.17) is 0 Å². The van der Waals surface area contributed by atoms with Crippen LogP contribution in [-0.4, -0.2) is 15.5 Å². The van der Waals surface area contributed by atoms with Crippen molar-refractivity contribution in [3.63, 3.8) is 0 Å². The van der Waals surface area contributed by atoms with Gasteiger partial charge in [-0.2, -0.15) is 0 Å². The molecule has 0 spiro atoms. The molecule has 0 atom stereocenters. The van der Waals surface area contributed by atoms with Gasteiger partial charge in [0.05, 0.1) is 15.9 Å². The Kier molecular flexibility index (Phi) is 3.73. The van der Waals surface area contributed by atoms with E-state index < -0.39 is 0 Å². The van der Waals surface area contributed by atoms with Crippen LogP contribution in [0.3, 0.4) is 0 Å². The third-order valence-electron chi connectivity index (χ3n) is 4.63. The second-order valence-electron chi connectivity index (χ2n) is 6.12. The summed E-state index contributed by atoms with van der Waals surface area (Å²) in [6.07, 6.45) is 4.82. The molecule has 0 aliphatic heterocycles. The molecule has 1 aliphatic rings. The topological polar surface area (TPSA) is 46.9 Å². The average molecular weight is 345 g/mol. The number of carbonyl (C=O) groups is 1. The Morgan fingerprint density at radius 2 is 2.13 bits per heavy atom. The molecule has 1 amide bonds. The summed E-state index contributed by atoms with van der Waals surface area (Å²) in [5.74, 6) is -0.0472. The van der Waals surface area contributed by atoms with Gasteiger partial charge in [-0.15, -0.1) is 22.7 Å². The first-order valence-corrected chi connectivity index (χ1v) is 9.67. The summed E-state index contributed by atoms with van der Waals surface area (Å²) in [6.45, 7) is 4.00. The first kappa shape index (κ1) is 14.9. The Hall–Kier alpha value is -1.66. The monoisotopic (exact) mass is 345 g/mol. The number of rotatable bonds is 3. The number of fused-ring (bicyclic) bond motifs is 1. The summed E-state index contributed by atoms with van der Waals surface area (Å²) < 4.78 is 3.44. The van der Waals surface area contributed by atoms with Gasteiger partial charge >= 0.3 is 0 Å².